The van der Waals surface area contributed by atoms with Crippen molar-refractivity contribution >= 4 is 39.5 Å². The monoisotopic (exact) mass is 389 g/mol. The van der Waals surface area contributed by atoms with Crippen LogP contribution >= 0.6 is 11.8 Å². The lowest BCUT2D eigenvalue weighted by Gasteiger charge is -2.16. The van der Waals surface area contributed by atoms with Crippen molar-refractivity contribution < 1.29 is 23.9 Å². The van der Waals surface area contributed by atoms with E-state index in [1.54, 1.807) is 7.11 Å². The zero-order valence-electron chi connectivity index (χ0n) is 15.8. The molecule has 0 aliphatic heterocycles. The Morgan fingerprint density at radius 3 is 2.37 bits per heavy atom. The molecule has 0 bridgehead atoms. The van der Waals surface area contributed by atoms with E-state index in [-0.39, 0.29) is 22.7 Å². The molecule has 0 saturated heterocycles. The Labute approximate surface area is 162 Å². The Hall–Kier alpha value is -2.54. The molecule has 0 fully saturated rings. The molecule has 0 aliphatic carbocycles. The summed E-state index contributed by atoms with van der Waals surface area (Å²) in [6, 6.07) is 10.8. The second-order valence-corrected chi connectivity index (χ2v) is 7.12. The van der Waals surface area contributed by atoms with E-state index in [0.717, 1.165) is 33.8 Å². The van der Waals surface area contributed by atoms with Crippen molar-refractivity contribution in [2.75, 3.05) is 20.0 Å². The van der Waals surface area contributed by atoms with Crippen LogP contribution in [0.4, 0.5) is 0 Å². The van der Waals surface area contributed by atoms with Crippen molar-refractivity contribution in [1.82, 2.24) is 5.32 Å². The SMILES string of the molecule is COC(=O)[C@H](CSC(=O)C(C)c1ccc2cc(OC)ccc2c1)NC(C)=O. The number of benzene rings is 2. The van der Waals surface area contributed by atoms with Gasteiger partial charge in [0.2, 0.25) is 5.91 Å². The minimum atomic E-state index is -0.849. The quantitative estimate of drug-likeness (QED) is 0.734. The summed E-state index contributed by atoms with van der Waals surface area (Å²) < 4.78 is 9.89. The Morgan fingerprint density at radius 1 is 1.07 bits per heavy atom. The predicted molar refractivity (Wildman–Crippen MR) is 106 cm³/mol. The minimum Gasteiger partial charge on any atom is -0.497 e. The molecule has 1 N–H and O–H groups in total. The van der Waals surface area contributed by atoms with Gasteiger partial charge in [-0.2, -0.15) is 0 Å². The van der Waals surface area contributed by atoms with Crippen molar-refractivity contribution in [2.24, 2.45) is 0 Å². The van der Waals surface area contributed by atoms with Crippen LogP contribution in [0.3, 0.4) is 0 Å². The lowest BCUT2D eigenvalue weighted by atomic mass is 9.99. The fourth-order valence-corrected chi connectivity index (χ4v) is 3.56. The maximum absolute atomic E-state index is 12.6. The van der Waals surface area contributed by atoms with Crippen LogP contribution in [-0.4, -0.2) is 43.0 Å². The number of esters is 1. The molecule has 0 radical (unpaired) electrons. The highest BCUT2D eigenvalue weighted by atomic mass is 32.2. The van der Waals surface area contributed by atoms with Gasteiger partial charge in [-0.15, -0.1) is 0 Å². The van der Waals surface area contributed by atoms with Gasteiger partial charge in [-0.1, -0.05) is 43.0 Å². The van der Waals surface area contributed by atoms with Crippen LogP contribution in [0.2, 0.25) is 0 Å². The van der Waals surface area contributed by atoms with Crippen molar-refractivity contribution in [3.05, 3.63) is 42.0 Å². The van der Waals surface area contributed by atoms with Gasteiger partial charge in [-0.3, -0.25) is 9.59 Å². The van der Waals surface area contributed by atoms with E-state index < -0.39 is 12.0 Å². The number of carbonyl (C=O) groups is 3. The summed E-state index contributed by atoms with van der Waals surface area (Å²) in [5.74, 6) is -0.367. The number of fused-ring (bicyclic) bond motifs is 1. The van der Waals surface area contributed by atoms with Crippen LogP contribution in [0, 0.1) is 0 Å². The minimum absolute atomic E-state index is 0.0814. The third-order valence-corrected chi connectivity index (χ3v) is 5.32. The summed E-state index contributed by atoms with van der Waals surface area (Å²) in [7, 11) is 2.87. The molecule has 27 heavy (non-hydrogen) atoms. The fourth-order valence-electron chi connectivity index (χ4n) is 2.62. The van der Waals surface area contributed by atoms with Gasteiger partial charge >= 0.3 is 5.97 Å². The highest BCUT2D eigenvalue weighted by Gasteiger charge is 2.24. The smallest absolute Gasteiger partial charge is 0.329 e. The molecule has 2 rings (SSSR count). The summed E-state index contributed by atoms with van der Waals surface area (Å²) >= 11 is 1.01. The number of ether oxygens (including phenoxy) is 2. The summed E-state index contributed by atoms with van der Waals surface area (Å²) in [5, 5.41) is 4.47. The third kappa shape index (κ3) is 5.47. The molecule has 1 unspecified atom stereocenters. The van der Waals surface area contributed by atoms with Gasteiger partial charge < -0.3 is 14.8 Å². The molecule has 0 heterocycles. The van der Waals surface area contributed by atoms with E-state index in [1.165, 1.54) is 14.0 Å². The largest absolute Gasteiger partial charge is 0.497 e. The van der Waals surface area contributed by atoms with Gasteiger partial charge in [0, 0.05) is 12.7 Å². The number of carbonyl (C=O) groups excluding carboxylic acids is 3. The Bertz CT molecular complexity index is 851. The van der Waals surface area contributed by atoms with Crippen molar-refractivity contribution in [3.63, 3.8) is 0 Å². The molecule has 2 atom stereocenters. The molecule has 7 heteroatoms. The van der Waals surface area contributed by atoms with Crippen LogP contribution in [0.25, 0.3) is 10.8 Å². The van der Waals surface area contributed by atoms with Crippen LogP contribution < -0.4 is 10.1 Å². The van der Waals surface area contributed by atoms with E-state index in [0.29, 0.717) is 0 Å². The summed E-state index contributed by atoms with van der Waals surface area (Å²) in [5.41, 5.74) is 0.888. The number of thioether (sulfide) groups is 1. The number of hydrogen-bond acceptors (Lipinski definition) is 6. The van der Waals surface area contributed by atoms with Crippen LogP contribution in [0.5, 0.6) is 5.75 Å². The number of amides is 1. The Morgan fingerprint density at radius 2 is 1.74 bits per heavy atom. The first kappa shape index (κ1) is 20.8. The van der Waals surface area contributed by atoms with Gasteiger partial charge in [-0.05, 0) is 28.5 Å². The van der Waals surface area contributed by atoms with Gasteiger partial charge in [0.25, 0.3) is 0 Å². The molecular formula is C20H23NO5S. The average Bonchev–Trinajstić information content (AvgIpc) is 2.68. The lowest BCUT2D eigenvalue weighted by Crippen LogP contribution is -2.42. The molecule has 144 valence electrons. The van der Waals surface area contributed by atoms with E-state index in [9.17, 15) is 14.4 Å². The van der Waals surface area contributed by atoms with Crippen LogP contribution in [-0.2, 0) is 19.1 Å². The molecule has 2 aromatic carbocycles. The van der Waals surface area contributed by atoms with Crippen molar-refractivity contribution in [1.29, 1.82) is 0 Å². The molecule has 0 saturated carbocycles. The predicted octanol–water partition coefficient (Wildman–Crippen LogP) is 2.89. The fraction of sp³-hybridized carbons (Fsp3) is 0.350. The first-order valence-corrected chi connectivity index (χ1v) is 9.43. The average molecular weight is 389 g/mol. The molecule has 0 aromatic heterocycles. The third-order valence-electron chi connectivity index (χ3n) is 4.18. The normalized spacial score (nSPS) is 12.9. The van der Waals surface area contributed by atoms with Crippen molar-refractivity contribution in [3.8, 4) is 5.75 Å². The van der Waals surface area contributed by atoms with Gasteiger partial charge in [0.05, 0.1) is 20.1 Å². The van der Waals surface area contributed by atoms with Gasteiger partial charge in [-0.25, -0.2) is 4.79 Å². The topological polar surface area (TPSA) is 81.7 Å². The lowest BCUT2D eigenvalue weighted by molar-refractivity contribution is -0.144. The Balaban J connectivity index is 2.08. The van der Waals surface area contributed by atoms with Crippen molar-refractivity contribution in [2.45, 2.75) is 25.8 Å². The first-order valence-electron chi connectivity index (χ1n) is 8.45. The maximum atomic E-state index is 12.6. The highest BCUT2D eigenvalue weighted by molar-refractivity contribution is 8.13. The molecule has 0 spiro atoms. The molecular weight excluding hydrogens is 366 g/mol. The Kier molecular flexibility index (Phi) is 7.24. The second kappa shape index (κ2) is 9.41. The summed E-state index contributed by atoms with van der Waals surface area (Å²) in [6.07, 6.45) is 0. The summed E-state index contributed by atoms with van der Waals surface area (Å²) in [4.78, 5) is 35.5. The standard InChI is InChI=1S/C20H23NO5S/c1-12(20(24)27-11-18(19(23)26-4)21-13(2)22)14-5-6-16-10-17(25-3)8-7-15(16)9-14/h5-10,12,18H,11H2,1-4H3,(H,21,22)/t12?,18-/m0/s1. The number of nitrogens with one attached hydrogen (secondary N) is 1. The first-order chi connectivity index (χ1) is 12.8. The zero-order valence-corrected chi connectivity index (χ0v) is 16.6. The van der Waals surface area contributed by atoms with E-state index >= 15 is 0 Å². The molecule has 6 nitrogen and oxygen atoms in total. The van der Waals surface area contributed by atoms with E-state index in [4.69, 9.17) is 4.74 Å². The summed E-state index contributed by atoms with van der Waals surface area (Å²) in [6.45, 7) is 3.14. The molecule has 1 amide bonds. The van der Waals surface area contributed by atoms with Gasteiger partial charge in [0.1, 0.15) is 11.8 Å². The van der Waals surface area contributed by atoms with E-state index in [2.05, 4.69) is 10.1 Å². The van der Waals surface area contributed by atoms with Crippen LogP contribution in [0.1, 0.15) is 25.3 Å². The molecule has 0 aliphatic rings. The molecule has 2 aromatic rings. The highest BCUT2D eigenvalue weighted by Crippen LogP contribution is 2.28. The number of hydrogen-bond donors (Lipinski definition) is 1. The number of methoxy groups -OCH3 is 2. The second-order valence-electron chi connectivity index (χ2n) is 6.10. The zero-order chi connectivity index (χ0) is 20.0. The van der Waals surface area contributed by atoms with E-state index in [1.807, 2.05) is 43.3 Å². The van der Waals surface area contributed by atoms with Crippen LogP contribution in [0.15, 0.2) is 36.4 Å². The van der Waals surface area contributed by atoms with Gasteiger partial charge in [0.15, 0.2) is 5.12 Å². The number of rotatable bonds is 7. The maximum Gasteiger partial charge on any atom is 0.329 e.